The van der Waals surface area contributed by atoms with E-state index in [1.807, 2.05) is 18.2 Å². The molecule has 0 aliphatic rings. The van der Waals surface area contributed by atoms with Gasteiger partial charge < -0.3 is 15.9 Å². The predicted molar refractivity (Wildman–Crippen MR) is 102 cm³/mol. The molecule has 0 fully saturated rings. The second-order valence-corrected chi connectivity index (χ2v) is 5.86. The van der Waals surface area contributed by atoms with Gasteiger partial charge >= 0.3 is 5.56 Å². The number of fused-ring (bicyclic) bond motifs is 1. The van der Waals surface area contributed by atoms with E-state index in [4.69, 9.17) is 10.6 Å². The van der Waals surface area contributed by atoms with Gasteiger partial charge in [0.05, 0.1) is 12.2 Å². The van der Waals surface area contributed by atoms with Crippen molar-refractivity contribution in [2.24, 2.45) is 0 Å². The number of nitrogens with two attached hydrogens (primary N) is 1. The molecular formula is C19H15FN6O2. The smallest absolute Gasteiger partial charge is 0.313 e. The molecule has 4 rings (SSSR count). The zero-order valence-corrected chi connectivity index (χ0v) is 14.5. The van der Waals surface area contributed by atoms with Crippen LogP contribution in [0.15, 0.2) is 65.7 Å². The number of benzene rings is 1. The molecule has 0 saturated carbocycles. The first-order valence-electron chi connectivity index (χ1n) is 8.36. The highest BCUT2D eigenvalue weighted by Crippen LogP contribution is 2.23. The highest BCUT2D eigenvalue weighted by atomic mass is 19.1. The number of ether oxygens (including phenoxy) is 1. The molecule has 3 N–H and O–H groups in total. The molecule has 0 unspecified atom stereocenters. The Morgan fingerprint density at radius 1 is 1.11 bits per heavy atom. The van der Waals surface area contributed by atoms with Gasteiger partial charge in [0.15, 0.2) is 23.0 Å². The highest BCUT2D eigenvalue weighted by Gasteiger charge is 2.13. The lowest BCUT2D eigenvalue weighted by atomic mass is 10.3. The van der Waals surface area contributed by atoms with Gasteiger partial charge in [0.1, 0.15) is 0 Å². The van der Waals surface area contributed by atoms with Crippen molar-refractivity contribution in [2.45, 2.75) is 6.54 Å². The first kappa shape index (κ1) is 17.4. The molecule has 0 bridgehead atoms. The van der Waals surface area contributed by atoms with Crippen molar-refractivity contribution in [2.75, 3.05) is 11.2 Å². The summed E-state index contributed by atoms with van der Waals surface area (Å²) in [6.07, 6.45) is 3.19. The highest BCUT2D eigenvalue weighted by molar-refractivity contribution is 5.77. The molecular weight excluding hydrogens is 363 g/mol. The number of nitrogen functional groups attached to an aromatic ring is 1. The van der Waals surface area contributed by atoms with Gasteiger partial charge in [-0.15, -0.1) is 0 Å². The van der Waals surface area contributed by atoms with E-state index in [1.165, 1.54) is 30.5 Å². The van der Waals surface area contributed by atoms with Gasteiger partial charge in [0.2, 0.25) is 5.95 Å². The third kappa shape index (κ3) is 3.45. The van der Waals surface area contributed by atoms with Crippen LogP contribution in [0.5, 0.6) is 11.5 Å². The van der Waals surface area contributed by atoms with Crippen molar-refractivity contribution in [3.05, 3.63) is 82.8 Å². The van der Waals surface area contributed by atoms with Gasteiger partial charge in [-0.2, -0.15) is 4.98 Å². The summed E-state index contributed by atoms with van der Waals surface area (Å²) in [6, 6.07) is 12.8. The molecule has 1 aromatic carbocycles. The molecule has 0 spiro atoms. The Bertz CT molecular complexity index is 1200. The van der Waals surface area contributed by atoms with Crippen LogP contribution in [0.4, 0.5) is 10.3 Å². The Kier molecular flexibility index (Phi) is 4.55. The Morgan fingerprint density at radius 2 is 1.93 bits per heavy atom. The van der Waals surface area contributed by atoms with E-state index in [0.29, 0.717) is 17.9 Å². The molecule has 0 amide bonds. The van der Waals surface area contributed by atoms with E-state index in [9.17, 15) is 9.18 Å². The standard InChI is InChI=1S/C19H15FN6O2/c20-14-6-1-2-7-15(14)28-16-9-12-10-23-19(25-17(12)26(21)18(16)27)24-11-13-5-3-4-8-22-13/h1-10H,11,21H2,(H,23,24,25). The van der Waals surface area contributed by atoms with Crippen LogP contribution in [-0.2, 0) is 6.54 Å². The maximum absolute atomic E-state index is 13.8. The second kappa shape index (κ2) is 7.31. The van der Waals surface area contributed by atoms with Crippen molar-refractivity contribution in [1.29, 1.82) is 0 Å². The van der Waals surface area contributed by atoms with Gasteiger partial charge in [-0.3, -0.25) is 9.78 Å². The first-order chi connectivity index (χ1) is 13.6. The molecule has 4 aromatic rings. The van der Waals surface area contributed by atoms with Crippen LogP contribution in [0.2, 0.25) is 0 Å². The van der Waals surface area contributed by atoms with E-state index in [2.05, 4.69) is 20.3 Å². The molecule has 140 valence electrons. The summed E-state index contributed by atoms with van der Waals surface area (Å²) in [5, 5.41) is 3.49. The molecule has 28 heavy (non-hydrogen) atoms. The largest absolute Gasteiger partial charge is 0.448 e. The minimum atomic E-state index is -0.648. The third-order valence-corrected chi connectivity index (χ3v) is 3.95. The molecule has 0 saturated heterocycles. The lowest BCUT2D eigenvalue weighted by Crippen LogP contribution is -2.29. The normalized spacial score (nSPS) is 10.8. The Hall–Kier alpha value is -4.01. The van der Waals surface area contributed by atoms with E-state index < -0.39 is 11.4 Å². The number of halogens is 1. The summed E-state index contributed by atoms with van der Waals surface area (Å²) in [5.74, 6) is 5.39. The van der Waals surface area contributed by atoms with E-state index >= 15 is 0 Å². The number of aromatic nitrogens is 4. The number of hydrogen-bond donors (Lipinski definition) is 2. The van der Waals surface area contributed by atoms with E-state index in [-0.39, 0.29) is 17.1 Å². The van der Waals surface area contributed by atoms with E-state index in [1.54, 1.807) is 12.3 Å². The molecule has 0 aliphatic heterocycles. The molecule has 3 aromatic heterocycles. The molecule has 9 heteroatoms. The second-order valence-electron chi connectivity index (χ2n) is 5.86. The lowest BCUT2D eigenvalue weighted by molar-refractivity contribution is 0.435. The van der Waals surface area contributed by atoms with Crippen LogP contribution in [0, 0.1) is 5.82 Å². The molecule has 0 radical (unpaired) electrons. The van der Waals surface area contributed by atoms with Gasteiger partial charge in [0.25, 0.3) is 0 Å². The number of anilines is 1. The molecule has 8 nitrogen and oxygen atoms in total. The zero-order valence-electron chi connectivity index (χ0n) is 14.5. The summed E-state index contributed by atoms with van der Waals surface area (Å²) in [7, 11) is 0. The van der Waals surface area contributed by atoms with Crippen molar-refractivity contribution in [3.8, 4) is 11.5 Å². The quantitative estimate of drug-likeness (QED) is 0.514. The van der Waals surface area contributed by atoms with Crippen LogP contribution < -0.4 is 21.5 Å². The fourth-order valence-corrected chi connectivity index (χ4v) is 2.57. The Balaban J connectivity index is 1.64. The SMILES string of the molecule is Nn1c(=O)c(Oc2ccccc2F)cc2cnc(NCc3ccccn3)nc21. The number of nitrogens with one attached hydrogen (secondary N) is 1. The number of para-hydroxylation sites is 1. The maximum Gasteiger partial charge on any atom is 0.313 e. The lowest BCUT2D eigenvalue weighted by Gasteiger charge is -2.11. The van der Waals surface area contributed by atoms with Crippen LogP contribution in [-0.4, -0.2) is 19.6 Å². The minimum Gasteiger partial charge on any atom is -0.448 e. The number of hydrogen-bond acceptors (Lipinski definition) is 7. The summed E-state index contributed by atoms with van der Waals surface area (Å²) >= 11 is 0. The Labute approximate surface area is 158 Å². The number of pyridine rings is 2. The van der Waals surface area contributed by atoms with Crippen LogP contribution in [0.1, 0.15) is 5.69 Å². The summed E-state index contributed by atoms with van der Waals surface area (Å²) in [6.45, 7) is 0.412. The van der Waals surface area contributed by atoms with Crippen LogP contribution in [0.25, 0.3) is 11.0 Å². The third-order valence-electron chi connectivity index (χ3n) is 3.95. The average Bonchev–Trinajstić information content (AvgIpc) is 2.73. The zero-order chi connectivity index (χ0) is 19.5. The maximum atomic E-state index is 13.8. The minimum absolute atomic E-state index is 0.0754. The monoisotopic (exact) mass is 378 g/mol. The van der Waals surface area contributed by atoms with Crippen LogP contribution >= 0.6 is 0 Å². The fraction of sp³-hybridized carbons (Fsp3) is 0.0526. The first-order valence-corrected chi connectivity index (χ1v) is 8.36. The van der Waals surface area contributed by atoms with Crippen LogP contribution in [0.3, 0.4) is 0 Å². The van der Waals surface area contributed by atoms with Crippen molar-refractivity contribution < 1.29 is 9.13 Å². The number of nitrogens with zero attached hydrogens (tertiary/aromatic N) is 4. The molecule has 3 heterocycles. The topological polar surface area (TPSA) is 108 Å². The Morgan fingerprint density at radius 3 is 2.71 bits per heavy atom. The van der Waals surface area contributed by atoms with Gasteiger partial charge in [-0.25, -0.2) is 14.1 Å². The average molecular weight is 378 g/mol. The van der Waals surface area contributed by atoms with Crippen molar-refractivity contribution in [3.63, 3.8) is 0 Å². The summed E-state index contributed by atoms with van der Waals surface area (Å²) < 4.78 is 20.0. The predicted octanol–water partition coefficient (Wildman–Crippen LogP) is 2.44. The molecule has 0 atom stereocenters. The molecule has 0 aliphatic carbocycles. The fourth-order valence-electron chi connectivity index (χ4n) is 2.57. The summed E-state index contributed by atoms with van der Waals surface area (Å²) in [5.41, 5.74) is 0.375. The van der Waals surface area contributed by atoms with Gasteiger partial charge in [-0.1, -0.05) is 18.2 Å². The van der Waals surface area contributed by atoms with Gasteiger partial charge in [0, 0.05) is 17.8 Å². The summed E-state index contributed by atoms with van der Waals surface area (Å²) in [4.78, 5) is 25.2. The van der Waals surface area contributed by atoms with Crippen molar-refractivity contribution in [1.82, 2.24) is 19.6 Å². The van der Waals surface area contributed by atoms with Gasteiger partial charge in [-0.05, 0) is 30.3 Å². The van der Waals surface area contributed by atoms with E-state index in [0.717, 1.165) is 10.4 Å². The van der Waals surface area contributed by atoms with Crippen molar-refractivity contribution >= 4 is 17.0 Å². The number of rotatable bonds is 5.